The van der Waals surface area contributed by atoms with Crippen LogP contribution in [0.1, 0.15) is 26.7 Å². The molecule has 0 saturated carbocycles. The molecule has 0 radical (unpaired) electrons. The van der Waals surface area contributed by atoms with E-state index < -0.39 is 5.97 Å². The quantitative estimate of drug-likeness (QED) is 0.731. The number of rotatable bonds is 3. The molecule has 96 valence electrons. The Morgan fingerprint density at radius 3 is 2.88 bits per heavy atom. The van der Waals surface area contributed by atoms with Crippen LogP contribution in [-0.2, 0) is 9.53 Å². The normalized spacial score (nSPS) is 36.0. The smallest absolute Gasteiger partial charge is 0.308 e. The maximum atomic E-state index is 11.4. The van der Waals surface area contributed by atoms with Gasteiger partial charge in [-0.25, -0.2) is 0 Å². The lowest BCUT2D eigenvalue weighted by Gasteiger charge is -2.28. The van der Waals surface area contributed by atoms with E-state index in [9.17, 15) is 9.90 Å². The predicted octanol–water partition coefficient (Wildman–Crippen LogP) is 1.42. The number of hydrogen-bond donors (Lipinski definition) is 2. The number of carboxylic acid groups (broad SMARTS) is 1. The van der Waals surface area contributed by atoms with Crippen molar-refractivity contribution in [1.82, 2.24) is 5.32 Å². The highest BCUT2D eigenvalue weighted by atomic mass is 16.5. The minimum Gasteiger partial charge on any atom is -0.481 e. The van der Waals surface area contributed by atoms with Gasteiger partial charge in [-0.2, -0.15) is 0 Å². The van der Waals surface area contributed by atoms with Gasteiger partial charge in [0.2, 0.25) is 0 Å². The van der Waals surface area contributed by atoms with E-state index in [0.717, 1.165) is 19.4 Å². The number of carbonyl (C=O) groups is 1. The van der Waals surface area contributed by atoms with Crippen LogP contribution < -0.4 is 5.32 Å². The summed E-state index contributed by atoms with van der Waals surface area (Å²) in [5.41, 5.74) is -0.318. The summed E-state index contributed by atoms with van der Waals surface area (Å²) in [5, 5.41) is 12.7. The fourth-order valence-corrected chi connectivity index (χ4v) is 3.02. The first-order valence-electron chi connectivity index (χ1n) is 6.25. The monoisotopic (exact) mass is 239 g/mol. The van der Waals surface area contributed by atoms with E-state index >= 15 is 0 Å². The molecular weight excluding hydrogens is 218 g/mol. The summed E-state index contributed by atoms with van der Waals surface area (Å²) in [6.45, 7) is 5.36. The standard InChI is InChI=1S/C13H21NO3/c1-13(2)11(12(15)16)9(8-14-13)7-10-5-3-4-6-17-10/h3-4,9-11,14H,5-8H2,1-2H3,(H,15,16)/t9?,10?,11-/m1/s1. The summed E-state index contributed by atoms with van der Waals surface area (Å²) < 4.78 is 5.63. The van der Waals surface area contributed by atoms with E-state index in [1.165, 1.54) is 0 Å². The van der Waals surface area contributed by atoms with Crippen LogP contribution in [0.3, 0.4) is 0 Å². The van der Waals surface area contributed by atoms with Crippen LogP contribution in [0.4, 0.5) is 0 Å². The van der Waals surface area contributed by atoms with E-state index in [0.29, 0.717) is 6.61 Å². The van der Waals surface area contributed by atoms with Gasteiger partial charge in [-0.05, 0) is 39.2 Å². The molecule has 1 fully saturated rings. The highest BCUT2D eigenvalue weighted by Crippen LogP contribution is 2.35. The average molecular weight is 239 g/mol. The van der Waals surface area contributed by atoms with Gasteiger partial charge in [0.1, 0.15) is 0 Å². The van der Waals surface area contributed by atoms with Crippen LogP contribution in [-0.4, -0.2) is 35.9 Å². The summed E-state index contributed by atoms with van der Waals surface area (Å²) in [4.78, 5) is 11.4. The molecule has 0 amide bonds. The second kappa shape index (κ2) is 4.78. The Morgan fingerprint density at radius 1 is 1.53 bits per heavy atom. The molecule has 1 saturated heterocycles. The van der Waals surface area contributed by atoms with Gasteiger partial charge in [0.15, 0.2) is 0 Å². The predicted molar refractivity (Wildman–Crippen MR) is 64.8 cm³/mol. The Morgan fingerprint density at radius 2 is 2.29 bits per heavy atom. The van der Waals surface area contributed by atoms with E-state index in [-0.39, 0.29) is 23.5 Å². The number of carboxylic acids is 1. The SMILES string of the molecule is CC1(C)NCC(CC2CC=CCO2)[C@@H]1C(=O)O. The van der Waals surface area contributed by atoms with Gasteiger partial charge in [0, 0.05) is 5.54 Å². The van der Waals surface area contributed by atoms with Crippen LogP contribution in [0, 0.1) is 11.8 Å². The third-order valence-corrected chi connectivity index (χ3v) is 3.89. The van der Waals surface area contributed by atoms with Crippen molar-refractivity contribution in [3.05, 3.63) is 12.2 Å². The molecule has 2 N–H and O–H groups in total. The second-order valence-corrected chi connectivity index (χ2v) is 5.58. The minimum absolute atomic E-state index is 0.166. The van der Waals surface area contributed by atoms with Crippen molar-refractivity contribution in [2.24, 2.45) is 11.8 Å². The third-order valence-electron chi connectivity index (χ3n) is 3.89. The number of hydrogen-bond acceptors (Lipinski definition) is 3. The molecule has 2 unspecified atom stereocenters. The van der Waals surface area contributed by atoms with Gasteiger partial charge in [0.05, 0.1) is 18.6 Å². The molecule has 2 aliphatic heterocycles. The maximum Gasteiger partial charge on any atom is 0.308 e. The maximum absolute atomic E-state index is 11.4. The molecule has 0 aliphatic carbocycles. The molecule has 0 aromatic heterocycles. The van der Waals surface area contributed by atoms with Crippen molar-refractivity contribution in [3.63, 3.8) is 0 Å². The zero-order chi connectivity index (χ0) is 12.5. The summed E-state index contributed by atoms with van der Waals surface area (Å²) in [7, 11) is 0. The molecule has 17 heavy (non-hydrogen) atoms. The van der Waals surface area contributed by atoms with Crippen molar-refractivity contribution in [1.29, 1.82) is 0 Å². The van der Waals surface area contributed by atoms with E-state index in [1.54, 1.807) is 0 Å². The third kappa shape index (κ3) is 2.69. The molecule has 0 bridgehead atoms. The lowest BCUT2D eigenvalue weighted by Crippen LogP contribution is -2.42. The van der Waals surface area contributed by atoms with Gasteiger partial charge in [-0.3, -0.25) is 4.79 Å². The Bertz CT molecular complexity index is 325. The van der Waals surface area contributed by atoms with Crippen LogP contribution in [0.25, 0.3) is 0 Å². The van der Waals surface area contributed by atoms with Crippen LogP contribution in [0.5, 0.6) is 0 Å². The van der Waals surface area contributed by atoms with Crippen molar-refractivity contribution in [3.8, 4) is 0 Å². The minimum atomic E-state index is -0.698. The summed E-state index contributed by atoms with van der Waals surface area (Å²) >= 11 is 0. The Labute approximate surface area is 102 Å². The first kappa shape index (κ1) is 12.6. The molecule has 0 spiro atoms. The van der Waals surface area contributed by atoms with Crippen molar-refractivity contribution >= 4 is 5.97 Å². The van der Waals surface area contributed by atoms with Gasteiger partial charge in [-0.1, -0.05) is 12.2 Å². The topological polar surface area (TPSA) is 58.6 Å². The molecule has 2 rings (SSSR count). The van der Waals surface area contributed by atoms with Crippen LogP contribution in [0.15, 0.2) is 12.2 Å². The summed E-state index contributed by atoms with van der Waals surface area (Å²) in [6, 6.07) is 0. The highest BCUT2D eigenvalue weighted by Gasteiger charge is 2.46. The lowest BCUT2D eigenvalue weighted by molar-refractivity contribution is -0.145. The lowest BCUT2D eigenvalue weighted by atomic mass is 9.80. The molecule has 4 heteroatoms. The van der Waals surface area contributed by atoms with Crippen molar-refractivity contribution in [2.45, 2.75) is 38.3 Å². The molecule has 2 heterocycles. The Hall–Kier alpha value is -0.870. The van der Waals surface area contributed by atoms with Crippen molar-refractivity contribution in [2.75, 3.05) is 13.2 Å². The molecule has 0 aromatic rings. The van der Waals surface area contributed by atoms with E-state index in [4.69, 9.17) is 4.74 Å². The van der Waals surface area contributed by atoms with Gasteiger partial charge in [0.25, 0.3) is 0 Å². The zero-order valence-electron chi connectivity index (χ0n) is 10.5. The fraction of sp³-hybridized carbons (Fsp3) is 0.769. The largest absolute Gasteiger partial charge is 0.481 e. The first-order valence-corrected chi connectivity index (χ1v) is 6.25. The molecule has 3 atom stereocenters. The van der Waals surface area contributed by atoms with Crippen LogP contribution >= 0.6 is 0 Å². The molecular formula is C13H21NO3. The van der Waals surface area contributed by atoms with Crippen molar-refractivity contribution < 1.29 is 14.6 Å². The summed E-state index contributed by atoms with van der Waals surface area (Å²) in [5.74, 6) is -0.854. The Kier molecular flexibility index (Phi) is 3.54. The van der Waals surface area contributed by atoms with E-state index in [1.807, 2.05) is 19.9 Å². The van der Waals surface area contributed by atoms with Gasteiger partial charge in [-0.15, -0.1) is 0 Å². The summed E-state index contributed by atoms with van der Waals surface area (Å²) in [6.07, 6.45) is 6.06. The molecule has 4 nitrogen and oxygen atoms in total. The van der Waals surface area contributed by atoms with E-state index in [2.05, 4.69) is 11.4 Å². The van der Waals surface area contributed by atoms with Crippen LogP contribution in [0.2, 0.25) is 0 Å². The molecule has 2 aliphatic rings. The number of ether oxygens (including phenoxy) is 1. The second-order valence-electron chi connectivity index (χ2n) is 5.58. The average Bonchev–Trinajstić information content (AvgIpc) is 2.55. The molecule has 0 aromatic carbocycles. The first-order chi connectivity index (χ1) is 8.00. The van der Waals surface area contributed by atoms with Gasteiger partial charge < -0.3 is 15.2 Å². The fourth-order valence-electron chi connectivity index (χ4n) is 3.02. The van der Waals surface area contributed by atoms with Gasteiger partial charge >= 0.3 is 5.97 Å². The highest BCUT2D eigenvalue weighted by molar-refractivity contribution is 5.72. The zero-order valence-corrected chi connectivity index (χ0v) is 10.5. The Balaban J connectivity index is 2.00. The number of nitrogens with one attached hydrogen (secondary N) is 1. The number of aliphatic carboxylic acids is 1.